The lowest BCUT2D eigenvalue weighted by atomic mass is 10.3. The van der Waals surface area contributed by atoms with E-state index in [2.05, 4.69) is 26.2 Å². The number of nitro groups is 1. The second-order valence-electron chi connectivity index (χ2n) is 4.79. The van der Waals surface area contributed by atoms with E-state index in [-0.39, 0.29) is 17.3 Å². The number of carbonyl (C=O) groups is 1. The summed E-state index contributed by atoms with van der Waals surface area (Å²) < 4.78 is 2.36. The van der Waals surface area contributed by atoms with Crippen LogP contribution < -0.4 is 5.32 Å². The van der Waals surface area contributed by atoms with Gasteiger partial charge in [-0.05, 0) is 34.1 Å². The highest BCUT2D eigenvalue weighted by molar-refractivity contribution is 9.10. The summed E-state index contributed by atoms with van der Waals surface area (Å²) in [5, 5.41) is 14.2. The maximum absolute atomic E-state index is 12.1. The first kappa shape index (κ1) is 16.5. The molecule has 0 aliphatic heterocycles. The molecule has 1 amide bonds. The van der Waals surface area contributed by atoms with Gasteiger partial charge >= 0.3 is 0 Å². The van der Waals surface area contributed by atoms with E-state index in [4.69, 9.17) is 0 Å². The minimum atomic E-state index is -0.490. The van der Waals surface area contributed by atoms with Gasteiger partial charge in [-0.2, -0.15) is 0 Å². The van der Waals surface area contributed by atoms with Crippen LogP contribution in [-0.2, 0) is 4.79 Å². The van der Waals surface area contributed by atoms with Gasteiger partial charge in [0.1, 0.15) is 0 Å². The summed E-state index contributed by atoms with van der Waals surface area (Å²) in [5.74, 6) is -0.0421. The van der Waals surface area contributed by atoms with Crippen LogP contribution in [-0.4, -0.2) is 26.0 Å². The van der Waals surface area contributed by atoms with Crippen molar-refractivity contribution in [2.24, 2.45) is 0 Å². The van der Waals surface area contributed by atoms with E-state index in [1.165, 1.54) is 30.0 Å². The van der Waals surface area contributed by atoms with Crippen LogP contribution in [0.15, 0.2) is 58.4 Å². The predicted octanol–water partition coefficient (Wildman–Crippen LogP) is 3.74. The van der Waals surface area contributed by atoms with E-state index in [9.17, 15) is 14.9 Å². The fourth-order valence-corrected chi connectivity index (χ4v) is 3.29. The zero-order chi connectivity index (χ0) is 17.1. The molecule has 1 aromatic carbocycles. The topological polar surface area (TPSA) is 89.5 Å². The number of imidazole rings is 1. The number of benzene rings is 1. The second-order valence-corrected chi connectivity index (χ2v) is 6.59. The minimum Gasteiger partial charge on any atom is -0.324 e. The highest BCUT2D eigenvalue weighted by Gasteiger charge is 2.12. The quantitative estimate of drug-likeness (QED) is 0.396. The van der Waals surface area contributed by atoms with Crippen molar-refractivity contribution < 1.29 is 9.72 Å². The molecule has 3 aromatic rings. The Morgan fingerprint density at radius 2 is 2.21 bits per heavy atom. The van der Waals surface area contributed by atoms with Gasteiger partial charge in [0.2, 0.25) is 5.91 Å². The first-order valence-corrected chi connectivity index (χ1v) is 8.61. The fraction of sp³-hybridized carbons (Fsp3) is 0.0667. The van der Waals surface area contributed by atoms with Gasteiger partial charge in [-0.25, -0.2) is 4.98 Å². The van der Waals surface area contributed by atoms with E-state index < -0.39 is 4.92 Å². The molecular formula is C15H11BrN4O3S. The average molecular weight is 407 g/mol. The van der Waals surface area contributed by atoms with Crippen LogP contribution in [0.1, 0.15) is 0 Å². The lowest BCUT2D eigenvalue weighted by Crippen LogP contribution is -2.14. The van der Waals surface area contributed by atoms with Crippen LogP contribution in [0.4, 0.5) is 11.4 Å². The molecule has 0 atom stereocenters. The van der Waals surface area contributed by atoms with Gasteiger partial charge in [0.25, 0.3) is 5.69 Å². The first-order valence-electron chi connectivity index (χ1n) is 6.83. The van der Waals surface area contributed by atoms with Crippen molar-refractivity contribution in [2.75, 3.05) is 11.1 Å². The Balaban J connectivity index is 1.65. The summed E-state index contributed by atoms with van der Waals surface area (Å²) in [4.78, 5) is 26.6. The number of hydrogen-bond donors (Lipinski definition) is 1. The summed E-state index contributed by atoms with van der Waals surface area (Å²) in [7, 11) is 0. The van der Waals surface area contributed by atoms with E-state index in [1.54, 1.807) is 6.20 Å². The second kappa shape index (κ2) is 7.02. The Labute approximate surface area is 149 Å². The molecular weight excluding hydrogens is 396 g/mol. The van der Waals surface area contributed by atoms with Gasteiger partial charge in [-0.1, -0.05) is 17.8 Å². The fourth-order valence-electron chi connectivity index (χ4n) is 2.06. The number of non-ortho nitro benzene ring substituents is 1. The molecule has 9 heteroatoms. The third-order valence-corrected chi connectivity index (χ3v) is 4.80. The van der Waals surface area contributed by atoms with Crippen molar-refractivity contribution >= 4 is 50.5 Å². The largest absolute Gasteiger partial charge is 0.324 e. The maximum Gasteiger partial charge on any atom is 0.270 e. The number of aromatic nitrogens is 2. The predicted molar refractivity (Wildman–Crippen MR) is 95.3 cm³/mol. The number of anilines is 1. The van der Waals surface area contributed by atoms with E-state index in [0.717, 1.165) is 10.7 Å². The van der Waals surface area contributed by atoms with E-state index >= 15 is 0 Å². The third kappa shape index (κ3) is 3.57. The minimum absolute atomic E-state index is 0.0434. The first-order chi connectivity index (χ1) is 11.5. The zero-order valence-electron chi connectivity index (χ0n) is 12.2. The molecule has 24 heavy (non-hydrogen) atoms. The van der Waals surface area contributed by atoms with Crippen molar-refractivity contribution in [1.82, 2.24) is 9.38 Å². The number of nitrogens with zero attached hydrogens (tertiary/aromatic N) is 3. The molecule has 7 nitrogen and oxygen atoms in total. The summed E-state index contributed by atoms with van der Waals surface area (Å²) in [5.41, 5.74) is 1.40. The summed E-state index contributed by atoms with van der Waals surface area (Å²) in [6.45, 7) is 0. The molecule has 0 aliphatic rings. The number of nitrogens with one attached hydrogen (secondary N) is 1. The van der Waals surface area contributed by atoms with Crippen LogP contribution in [0.2, 0.25) is 0 Å². The highest BCUT2D eigenvalue weighted by atomic mass is 79.9. The molecule has 2 aromatic heterocycles. The Bertz CT molecular complexity index is 928. The van der Waals surface area contributed by atoms with Gasteiger partial charge in [0.15, 0.2) is 5.16 Å². The molecule has 0 radical (unpaired) electrons. The Morgan fingerprint density at radius 3 is 2.96 bits per heavy atom. The van der Waals surface area contributed by atoms with Crippen LogP contribution in [0.5, 0.6) is 0 Å². The Kier molecular flexibility index (Phi) is 4.81. The number of hydrogen-bond acceptors (Lipinski definition) is 5. The third-order valence-electron chi connectivity index (χ3n) is 3.17. The molecule has 0 spiro atoms. The van der Waals surface area contributed by atoms with Crippen molar-refractivity contribution in [3.05, 3.63) is 63.4 Å². The summed E-state index contributed by atoms with van der Waals surface area (Å²) >= 11 is 4.54. The molecule has 122 valence electrons. The van der Waals surface area contributed by atoms with Crippen molar-refractivity contribution in [1.29, 1.82) is 0 Å². The van der Waals surface area contributed by atoms with Gasteiger partial charge in [-0.3, -0.25) is 19.3 Å². The lowest BCUT2D eigenvalue weighted by molar-refractivity contribution is -0.384. The van der Waals surface area contributed by atoms with E-state index in [0.29, 0.717) is 10.2 Å². The van der Waals surface area contributed by atoms with Crippen molar-refractivity contribution in [2.45, 2.75) is 5.16 Å². The number of pyridine rings is 1. The molecule has 1 N–H and O–H groups in total. The van der Waals surface area contributed by atoms with Crippen LogP contribution in [0, 0.1) is 10.1 Å². The normalized spacial score (nSPS) is 10.7. The average Bonchev–Trinajstić information content (AvgIpc) is 2.98. The van der Waals surface area contributed by atoms with Crippen LogP contribution >= 0.6 is 27.7 Å². The van der Waals surface area contributed by atoms with Crippen molar-refractivity contribution in [3.8, 4) is 0 Å². The van der Waals surface area contributed by atoms with Gasteiger partial charge in [0, 0.05) is 22.8 Å². The number of halogens is 1. The molecule has 0 fully saturated rings. The summed E-state index contributed by atoms with van der Waals surface area (Å²) in [6, 6.07) is 9.94. The van der Waals surface area contributed by atoms with Crippen LogP contribution in [0.25, 0.3) is 5.52 Å². The molecule has 0 aliphatic carbocycles. The lowest BCUT2D eigenvalue weighted by Gasteiger charge is -2.07. The summed E-state index contributed by atoms with van der Waals surface area (Å²) in [6.07, 6.45) is 3.63. The number of nitro benzene ring substituents is 1. The molecule has 3 rings (SSSR count). The number of fused-ring (bicyclic) bond motifs is 1. The maximum atomic E-state index is 12.1. The smallest absolute Gasteiger partial charge is 0.270 e. The Hall–Kier alpha value is -2.39. The van der Waals surface area contributed by atoms with E-state index in [1.807, 2.05) is 28.8 Å². The molecule has 2 heterocycles. The number of rotatable bonds is 5. The Morgan fingerprint density at radius 1 is 1.38 bits per heavy atom. The van der Waals surface area contributed by atoms with Gasteiger partial charge in [-0.15, -0.1) is 0 Å². The number of thioether (sulfide) groups is 1. The SMILES string of the molecule is O=C(CSc1ncc2ccccn12)Nc1ccc([N+](=O)[O-])cc1Br. The van der Waals surface area contributed by atoms with Gasteiger partial charge < -0.3 is 5.32 Å². The molecule has 0 bridgehead atoms. The van der Waals surface area contributed by atoms with Crippen LogP contribution in [0.3, 0.4) is 0 Å². The molecule has 0 saturated heterocycles. The van der Waals surface area contributed by atoms with Gasteiger partial charge in [0.05, 0.1) is 28.1 Å². The standard InChI is InChI=1S/C15H11BrN4O3S/c16-12-7-10(20(22)23)4-5-13(12)18-14(21)9-24-15-17-8-11-3-1-2-6-19(11)15/h1-8H,9H2,(H,18,21). The monoisotopic (exact) mass is 406 g/mol. The molecule has 0 saturated carbocycles. The van der Waals surface area contributed by atoms with Crippen molar-refractivity contribution in [3.63, 3.8) is 0 Å². The molecule has 0 unspecified atom stereocenters. The highest BCUT2D eigenvalue weighted by Crippen LogP contribution is 2.27. The zero-order valence-corrected chi connectivity index (χ0v) is 14.6. The number of amides is 1. The number of carbonyl (C=O) groups excluding carboxylic acids is 1.